The van der Waals surface area contributed by atoms with Gasteiger partial charge in [0.05, 0.1) is 30.8 Å². The predicted octanol–water partition coefficient (Wildman–Crippen LogP) is 5.62. The number of dihydropyridines is 1. The van der Waals surface area contributed by atoms with Gasteiger partial charge in [0.1, 0.15) is 0 Å². The second kappa shape index (κ2) is 11.3. The van der Waals surface area contributed by atoms with Crippen molar-refractivity contribution < 1.29 is 28.7 Å². The molecular formula is C30H34N2O7. The zero-order valence-electron chi connectivity index (χ0n) is 23.1. The number of allylic oxidation sites excluding steroid dienone is 3. The highest BCUT2D eigenvalue weighted by molar-refractivity contribution is 6.04. The van der Waals surface area contributed by atoms with Crippen LogP contribution in [-0.2, 0) is 14.3 Å². The van der Waals surface area contributed by atoms with Crippen LogP contribution in [0.25, 0.3) is 0 Å². The molecule has 1 aliphatic heterocycles. The van der Waals surface area contributed by atoms with Gasteiger partial charge in [0.2, 0.25) is 0 Å². The minimum absolute atomic E-state index is 0.0630. The Balaban J connectivity index is 1.82. The Morgan fingerprint density at radius 3 is 2.41 bits per heavy atom. The lowest BCUT2D eigenvalue weighted by Crippen LogP contribution is -2.36. The van der Waals surface area contributed by atoms with E-state index in [1.165, 1.54) is 6.07 Å². The summed E-state index contributed by atoms with van der Waals surface area (Å²) in [5.41, 5.74) is 3.89. The number of nitro groups is 1. The van der Waals surface area contributed by atoms with E-state index in [1.54, 1.807) is 47.1 Å². The number of ketones is 1. The molecule has 0 saturated carbocycles. The van der Waals surface area contributed by atoms with Gasteiger partial charge in [0.25, 0.3) is 5.69 Å². The molecule has 0 saturated heterocycles. The van der Waals surface area contributed by atoms with Crippen LogP contribution in [0, 0.1) is 17.0 Å². The molecule has 0 fully saturated rings. The number of ether oxygens (including phenoxy) is 3. The van der Waals surface area contributed by atoms with Crippen LogP contribution in [0.5, 0.6) is 11.5 Å². The first-order valence-corrected chi connectivity index (χ1v) is 13.0. The van der Waals surface area contributed by atoms with Gasteiger partial charge in [0, 0.05) is 40.9 Å². The lowest BCUT2D eigenvalue weighted by atomic mass is 9.71. The highest BCUT2D eigenvalue weighted by Crippen LogP contribution is 2.47. The molecule has 0 radical (unpaired) electrons. The van der Waals surface area contributed by atoms with Crippen LogP contribution in [0.15, 0.2) is 58.9 Å². The normalized spacial score (nSPS) is 19.7. The summed E-state index contributed by atoms with van der Waals surface area (Å²) in [6, 6.07) is 10.5. The molecule has 206 valence electrons. The maximum Gasteiger partial charge on any atom is 0.337 e. The minimum Gasteiger partial charge on any atom is -0.493 e. The largest absolute Gasteiger partial charge is 0.493 e. The molecule has 2 aliphatic rings. The van der Waals surface area contributed by atoms with Crippen LogP contribution in [-0.4, -0.2) is 37.0 Å². The van der Waals surface area contributed by atoms with E-state index in [2.05, 4.69) is 5.32 Å². The number of hydrogen-bond donors (Lipinski definition) is 1. The number of aryl methyl sites for hydroxylation is 1. The van der Waals surface area contributed by atoms with Crippen molar-refractivity contribution in [2.75, 3.05) is 14.2 Å². The van der Waals surface area contributed by atoms with Crippen LogP contribution in [0.4, 0.5) is 5.69 Å². The van der Waals surface area contributed by atoms with Gasteiger partial charge >= 0.3 is 5.97 Å². The predicted molar refractivity (Wildman–Crippen MR) is 146 cm³/mol. The topological polar surface area (TPSA) is 117 Å². The number of benzene rings is 2. The molecule has 0 bridgehead atoms. The van der Waals surface area contributed by atoms with E-state index in [0.29, 0.717) is 58.0 Å². The second-order valence-electron chi connectivity index (χ2n) is 10.1. The standard InChI is InChI=1S/C30H34N2O7/c1-7-17(3)39-30(34)27-18(4)31-22-12-21(19-10-11-25(37-5)26(15-19)38-6)14-24(33)29(22)28(27)20-9-8-16(2)23(13-20)32(35)36/h8-11,13,15,17,21,28,31H,7,12,14H2,1-6H3/t17-,21-,28+/m0/s1. The van der Waals surface area contributed by atoms with Crippen molar-refractivity contribution in [3.63, 3.8) is 0 Å². The van der Waals surface area contributed by atoms with E-state index < -0.39 is 16.8 Å². The number of methoxy groups -OCH3 is 2. The first-order chi connectivity index (χ1) is 18.6. The zero-order valence-corrected chi connectivity index (χ0v) is 23.1. The second-order valence-corrected chi connectivity index (χ2v) is 10.1. The fourth-order valence-electron chi connectivity index (χ4n) is 5.32. The van der Waals surface area contributed by atoms with Crippen LogP contribution in [0.2, 0.25) is 0 Å². The third-order valence-electron chi connectivity index (χ3n) is 7.57. The summed E-state index contributed by atoms with van der Waals surface area (Å²) in [6.07, 6.45) is 1.04. The molecule has 1 aliphatic carbocycles. The molecule has 2 aromatic rings. The highest BCUT2D eigenvalue weighted by atomic mass is 16.6. The van der Waals surface area contributed by atoms with E-state index in [-0.39, 0.29) is 29.9 Å². The lowest BCUT2D eigenvalue weighted by molar-refractivity contribution is -0.385. The van der Waals surface area contributed by atoms with Crippen LogP contribution >= 0.6 is 0 Å². The van der Waals surface area contributed by atoms with Crippen molar-refractivity contribution in [2.45, 2.75) is 64.9 Å². The first kappa shape index (κ1) is 27.9. The summed E-state index contributed by atoms with van der Waals surface area (Å²) < 4.78 is 16.5. The average Bonchev–Trinajstić information content (AvgIpc) is 2.91. The quantitative estimate of drug-likeness (QED) is 0.263. The maximum atomic E-state index is 13.9. The number of Topliss-reactive ketones (excluding diaryl/α,β-unsaturated/α-hetero) is 1. The lowest BCUT2D eigenvalue weighted by Gasteiger charge is -2.37. The third-order valence-corrected chi connectivity index (χ3v) is 7.57. The summed E-state index contributed by atoms with van der Waals surface area (Å²) in [7, 11) is 3.13. The third kappa shape index (κ3) is 5.39. The number of carbonyl (C=O) groups is 2. The number of nitrogens with one attached hydrogen (secondary N) is 1. The van der Waals surface area contributed by atoms with Gasteiger partial charge in [0.15, 0.2) is 17.3 Å². The summed E-state index contributed by atoms with van der Waals surface area (Å²) in [5.74, 6) is -0.394. The number of esters is 1. The SMILES string of the molecule is CC[C@H](C)OC(=O)C1=C(C)NC2=C(C(=O)C[C@@H](c3ccc(OC)c(OC)c3)C2)[C@@H]1c1ccc(C)c([N+](=O)[O-])c1. The van der Waals surface area contributed by atoms with Crippen molar-refractivity contribution >= 4 is 17.4 Å². The number of nitro benzene ring substituents is 1. The first-order valence-electron chi connectivity index (χ1n) is 13.0. The molecule has 4 rings (SSSR count). The molecule has 9 nitrogen and oxygen atoms in total. The number of rotatable bonds is 8. The fraction of sp³-hybridized carbons (Fsp3) is 0.400. The Hall–Kier alpha value is -4.14. The van der Waals surface area contributed by atoms with E-state index in [4.69, 9.17) is 14.2 Å². The molecule has 0 amide bonds. The molecule has 2 aromatic carbocycles. The van der Waals surface area contributed by atoms with Gasteiger partial charge in [-0.2, -0.15) is 0 Å². The minimum atomic E-state index is -0.782. The van der Waals surface area contributed by atoms with Gasteiger partial charge < -0.3 is 19.5 Å². The molecule has 0 aromatic heterocycles. The monoisotopic (exact) mass is 534 g/mol. The summed E-state index contributed by atoms with van der Waals surface area (Å²) in [5, 5.41) is 15.1. The van der Waals surface area contributed by atoms with Gasteiger partial charge in [-0.3, -0.25) is 14.9 Å². The summed E-state index contributed by atoms with van der Waals surface area (Å²) in [6.45, 7) is 7.16. The van der Waals surface area contributed by atoms with Gasteiger partial charge in [-0.05, 0) is 62.8 Å². The van der Waals surface area contributed by atoms with Crippen molar-refractivity contribution in [1.29, 1.82) is 0 Å². The van der Waals surface area contributed by atoms with E-state index in [0.717, 1.165) is 5.56 Å². The Bertz CT molecular complexity index is 1390. The molecule has 1 N–H and O–H groups in total. The zero-order chi connectivity index (χ0) is 28.4. The molecule has 1 heterocycles. The molecule has 9 heteroatoms. The number of carbonyl (C=O) groups excluding carboxylic acids is 2. The fourth-order valence-corrected chi connectivity index (χ4v) is 5.32. The maximum absolute atomic E-state index is 13.9. The molecule has 0 unspecified atom stereocenters. The van der Waals surface area contributed by atoms with Gasteiger partial charge in [-0.1, -0.05) is 25.1 Å². The van der Waals surface area contributed by atoms with E-state index in [9.17, 15) is 19.7 Å². The van der Waals surface area contributed by atoms with Crippen LogP contribution in [0.3, 0.4) is 0 Å². The van der Waals surface area contributed by atoms with E-state index in [1.807, 2.05) is 25.1 Å². The van der Waals surface area contributed by atoms with Crippen molar-refractivity contribution in [2.24, 2.45) is 0 Å². The van der Waals surface area contributed by atoms with Crippen molar-refractivity contribution in [3.8, 4) is 11.5 Å². The molecule has 39 heavy (non-hydrogen) atoms. The molecule has 0 spiro atoms. The van der Waals surface area contributed by atoms with Gasteiger partial charge in [-0.15, -0.1) is 0 Å². The van der Waals surface area contributed by atoms with Crippen LogP contribution < -0.4 is 14.8 Å². The Labute approximate surface area is 228 Å². The van der Waals surface area contributed by atoms with Crippen LogP contribution in [0.1, 0.15) is 68.6 Å². The number of hydrogen-bond acceptors (Lipinski definition) is 8. The van der Waals surface area contributed by atoms with Crippen molar-refractivity contribution in [1.82, 2.24) is 5.32 Å². The number of nitrogens with zero attached hydrogens (tertiary/aromatic N) is 1. The Morgan fingerprint density at radius 1 is 1.08 bits per heavy atom. The summed E-state index contributed by atoms with van der Waals surface area (Å²) >= 11 is 0. The molecule has 3 atom stereocenters. The van der Waals surface area contributed by atoms with Crippen molar-refractivity contribution in [3.05, 3.63) is 85.7 Å². The Kier molecular flexibility index (Phi) is 8.09. The van der Waals surface area contributed by atoms with Gasteiger partial charge in [-0.25, -0.2) is 4.79 Å². The summed E-state index contributed by atoms with van der Waals surface area (Å²) in [4.78, 5) is 38.6. The average molecular weight is 535 g/mol. The highest BCUT2D eigenvalue weighted by Gasteiger charge is 2.42. The Morgan fingerprint density at radius 2 is 1.77 bits per heavy atom. The molecular weight excluding hydrogens is 500 g/mol. The van der Waals surface area contributed by atoms with E-state index >= 15 is 0 Å². The smallest absolute Gasteiger partial charge is 0.337 e.